The van der Waals surface area contributed by atoms with Crippen LogP contribution in [-0.4, -0.2) is 11.0 Å². The molecular formula is C13H20N2O2. The summed E-state index contributed by atoms with van der Waals surface area (Å²) in [5.74, 6) is 0.608. The minimum absolute atomic E-state index is 0.173. The maximum Gasteiger partial charge on any atom is 0.274 e. The van der Waals surface area contributed by atoms with E-state index in [9.17, 15) is 10.1 Å². The molecule has 0 radical (unpaired) electrons. The van der Waals surface area contributed by atoms with Crippen molar-refractivity contribution in [1.82, 2.24) is 0 Å². The largest absolute Gasteiger partial charge is 0.382 e. The highest BCUT2D eigenvalue weighted by atomic mass is 16.6. The summed E-state index contributed by atoms with van der Waals surface area (Å²) in [6, 6.07) is 5.46. The van der Waals surface area contributed by atoms with Crippen molar-refractivity contribution >= 4 is 11.4 Å². The fourth-order valence-corrected chi connectivity index (χ4v) is 2.01. The molecule has 4 heteroatoms. The second-order valence-electron chi connectivity index (χ2n) is 4.88. The summed E-state index contributed by atoms with van der Waals surface area (Å²) in [5, 5.41) is 14.1. The Hall–Kier alpha value is -1.58. The Morgan fingerprint density at radius 2 is 2.00 bits per heavy atom. The van der Waals surface area contributed by atoms with Crippen molar-refractivity contribution in [2.24, 2.45) is 5.92 Å². The maximum atomic E-state index is 10.8. The van der Waals surface area contributed by atoms with Crippen LogP contribution in [0.25, 0.3) is 0 Å². The van der Waals surface area contributed by atoms with Crippen LogP contribution in [0.15, 0.2) is 18.2 Å². The molecular weight excluding hydrogens is 216 g/mol. The summed E-state index contributed by atoms with van der Waals surface area (Å²) in [6.07, 6.45) is 1.04. The van der Waals surface area contributed by atoms with Crippen molar-refractivity contribution in [3.05, 3.63) is 33.9 Å². The molecule has 0 fully saturated rings. The van der Waals surface area contributed by atoms with Crippen LogP contribution in [0.4, 0.5) is 11.4 Å². The molecule has 1 rings (SSSR count). The molecule has 0 spiro atoms. The third-order valence-electron chi connectivity index (χ3n) is 2.73. The van der Waals surface area contributed by atoms with Crippen LogP contribution in [0.5, 0.6) is 0 Å². The van der Waals surface area contributed by atoms with Crippen molar-refractivity contribution in [2.75, 3.05) is 5.32 Å². The number of hydrogen-bond acceptors (Lipinski definition) is 3. The van der Waals surface area contributed by atoms with Crippen molar-refractivity contribution in [3.63, 3.8) is 0 Å². The molecule has 1 unspecified atom stereocenters. The lowest BCUT2D eigenvalue weighted by Gasteiger charge is -2.18. The molecule has 1 aromatic rings. The van der Waals surface area contributed by atoms with Crippen LogP contribution < -0.4 is 5.32 Å². The van der Waals surface area contributed by atoms with Gasteiger partial charge in [0.05, 0.1) is 4.92 Å². The molecule has 1 N–H and O–H groups in total. The van der Waals surface area contributed by atoms with Gasteiger partial charge in [-0.15, -0.1) is 0 Å². The van der Waals surface area contributed by atoms with Gasteiger partial charge in [-0.25, -0.2) is 0 Å². The van der Waals surface area contributed by atoms with Crippen LogP contribution in [0.2, 0.25) is 0 Å². The molecule has 0 aliphatic heterocycles. The monoisotopic (exact) mass is 236 g/mol. The molecule has 0 heterocycles. The van der Waals surface area contributed by atoms with Gasteiger partial charge in [0.2, 0.25) is 0 Å². The number of hydrogen-bond donors (Lipinski definition) is 1. The van der Waals surface area contributed by atoms with Gasteiger partial charge in [-0.2, -0.15) is 0 Å². The lowest BCUT2D eigenvalue weighted by molar-refractivity contribution is -0.385. The van der Waals surface area contributed by atoms with Gasteiger partial charge in [0, 0.05) is 23.4 Å². The molecule has 0 saturated heterocycles. The number of nitrogens with one attached hydrogen (secondary N) is 1. The first kappa shape index (κ1) is 13.5. The van der Waals surface area contributed by atoms with Crippen LogP contribution in [0.3, 0.4) is 0 Å². The summed E-state index contributed by atoms with van der Waals surface area (Å²) < 4.78 is 0. The highest BCUT2D eigenvalue weighted by Crippen LogP contribution is 2.26. The number of anilines is 1. The topological polar surface area (TPSA) is 55.2 Å². The first-order valence-corrected chi connectivity index (χ1v) is 5.92. The highest BCUT2D eigenvalue weighted by molar-refractivity contribution is 5.60. The standard InChI is InChI=1S/C13H20N2O2/c1-9(2)8-10(3)14-12-6-5-7-13(11(12)4)15(16)17/h5-7,9-10,14H,8H2,1-4H3. The lowest BCUT2D eigenvalue weighted by atomic mass is 10.0. The van der Waals surface area contributed by atoms with E-state index in [4.69, 9.17) is 0 Å². The van der Waals surface area contributed by atoms with E-state index in [0.717, 1.165) is 12.1 Å². The molecule has 0 bridgehead atoms. The van der Waals surface area contributed by atoms with Crippen molar-refractivity contribution in [2.45, 2.75) is 40.2 Å². The Morgan fingerprint density at radius 1 is 1.35 bits per heavy atom. The van der Waals surface area contributed by atoms with Crippen LogP contribution in [-0.2, 0) is 0 Å². The van der Waals surface area contributed by atoms with E-state index in [-0.39, 0.29) is 10.6 Å². The second kappa shape index (κ2) is 5.66. The molecule has 0 aliphatic carbocycles. The summed E-state index contributed by atoms with van der Waals surface area (Å²) in [5.41, 5.74) is 1.73. The predicted octanol–water partition coefficient (Wildman–Crippen LogP) is 3.75. The fourth-order valence-electron chi connectivity index (χ4n) is 2.01. The summed E-state index contributed by atoms with van der Waals surface area (Å²) in [7, 11) is 0. The second-order valence-corrected chi connectivity index (χ2v) is 4.88. The van der Waals surface area contributed by atoms with Gasteiger partial charge in [0.15, 0.2) is 0 Å². The molecule has 0 amide bonds. The Bertz CT molecular complexity index is 402. The van der Waals surface area contributed by atoms with Crippen LogP contribution in [0, 0.1) is 23.0 Å². The van der Waals surface area contributed by atoms with E-state index in [2.05, 4.69) is 26.1 Å². The van der Waals surface area contributed by atoms with Crippen LogP contribution >= 0.6 is 0 Å². The number of nitro groups is 1. The number of nitrogens with zero attached hydrogens (tertiary/aromatic N) is 1. The maximum absolute atomic E-state index is 10.8. The number of nitro benzene ring substituents is 1. The first-order chi connectivity index (χ1) is 7.91. The van der Waals surface area contributed by atoms with E-state index >= 15 is 0 Å². The Labute approximate surface area is 102 Å². The minimum atomic E-state index is -0.340. The molecule has 4 nitrogen and oxygen atoms in total. The minimum Gasteiger partial charge on any atom is -0.382 e. The number of benzene rings is 1. The van der Waals surface area contributed by atoms with Crippen molar-refractivity contribution in [3.8, 4) is 0 Å². The average Bonchev–Trinajstić information content (AvgIpc) is 2.19. The molecule has 17 heavy (non-hydrogen) atoms. The first-order valence-electron chi connectivity index (χ1n) is 5.92. The molecule has 0 aliphatic rings. The molecule has 0 saturated carbocycles. The van der Waals surface area contributed by atoms with E-state index in [0.29, 0.717) is 17.5 Å². The third-order valence-corrected chi connectivity index (χ3v) is 2.73. The quantitative estimate of drug-likeness (QED) is 0.625. The average molecular weight is 236 g/mol. The Balaban J connectivity index is 2.85. The van der Waals surface area contributed by atoms with Crippen molar-refractivity contribution in [1.29, 1.82) is 0 Å². The van der Waals surface area contributed by atoms with E-state index in [1.54, 1.807) is 13.0 Å². The normalized spacial score (nSPS) is 12.5. The highest BCUT2D eigenvalue weighted by Gasteiger charge is 2.14. The van der Waals surface area contributed by atoms with Gasteiger partial charge in [-0.1, -0.05) is 19.9 Å². The van der Waals surface area contributed by atoms with Gasteiger partial charge in [-0.3, -0.25) is 10.1 Å². The van der Waals surface area contributed by atoms with E-state index < -0.39 is 0 Å². The predicted molar refractivity (Wildman–Crippen MR) is 70.4 cm³/mol. The molecule has 94 valence electrons. The third kappa shape index (κ3) is 3.73. The van der Waals surface area contributed by atoms with E-state index in [1.807, 2.05) is 6.07 Å². The van der Waals surface area contributed by atoms with Crippen molar-refractivity contribution < 1.29 is 4.92 Å². The van der Waals surface area contributed by atoms with Gasteiger partial charge >= 0.3 is 0 Å². The number of rotatable bonds is 5. The Kier molecular flexibility index (Phi) is 4.49. The van der Waals surface area contributed by atoms with Gasteiger partial charge in [-0.05, 0) is 32.3 Å². The summed E-state index contributed by atoms with van der Waals surface area (Å²) in [6.45, 7) is 8.21. The smallest absolute Gasteiger partial charge is 0.274 e. The summed E-state index contributed by atoms with van der Waals surface area (Å²) in [4.78, 5) is 10.5. The van der Waals surface area contributed by atoms with Crippen LogP contribution in [0.1, 0.15) is 32.8 Å². The van der Waals surface area contributed by atoms with Gasteiger partial charge in [0.25, 0.3) is 5.69 Å². The van der Waals surface area contributed by atoms with Gasteiger partial charge in [0.1, 0.15) is 0 Å². The Morgan fingerprint density at radius 3 is 2.53 bits per heavy atom. The molecule has 1 aromatic carbocycles. The lowest BCUT2D eigenvalue weighted by Crippen LogP contribution is -2.18. The van der Waals surface area contributed by atoms with Gasteiger partial charge < -0.3 is 5.32 Å². The molecule has 1 atom stereocenters. The van der Waals surface area contributed by atoms with E-state index in [1.165, 1.54) is 6.07 Å². The molecule has 0 aromatic heterocycles. The zero-order chi connectivity index (χ0) is 13.0. The fraction of sp³-hybridized carbons (Fsp3) is 0.538. The zero-order valence-electron chi connectivity index (χ0n) is 10.9. The SMILES string of the molecule is Cc1c(NC(C)CC(C)C)cccc1[N+](=O)[O-]. The zero-order valence-corrected chi connectivity index (χ0v) is 10.9. The summed E-state index contributed by atoms with van der Waals surface area (Å²) >= 11 is 0.